The summed E-state index contributed by atoms with van der Waals surface area (Å²) < 4.78 is 11.4. The van der Waals surface area contributed by atoms with Crippen LogP contribution in [0.25, 0.3) is 0 Å². The van der Waals surface area contributed by atoms with Crippen molar-refractivity contribution in [3.8, 4) is 5.75 Å². The first-order chi connectivity index (χ1) is 10.1. The van der Waals surface area contributed by atoms with Crippen molar-refractivity contribution in [1.82, 2.24) is 4.90 Å². The molecule has 0 unspecified atom stereocenters. The highest BCUT2D eigenvalue weighted by Gasteiger charge is 2.12. The van der Waals surface area contributed by atoms with E-state index in [2.05, 4.69) is 32.6 Å². The Morgan fingerprint density at radius 1 is 1.00 bits per heavy atom. The third-order valence-corrected chi connectivity index (χ3v) is 3.50. The van der Waals surface area contributed by atoms with Gasteiger partial charge in [0.25, 0.3) is 0 Å². The number of rotatable bonds is 10. The Morgan fingerprint density at radius 3 is 2.29 bits per heavy atom. The van der Waals surface area contributed by atoms with E-state index in [1.165, 1.54) is 0 Å². The number of para-hydroxylation sites is 1. The maximum absolute atomic E-state index is 5.71. The first-order valence-corrected chi connectivity index (χ1v) is 7.80. The lowest BCUT2D eigenvalue weighted by Crippen LogP contribution is -2.39. The lowest BCUT2D eigenvalue weighted by molar-refractivity contribution is 0.0619. The summed E-state index contributed by atoms with van der Waals surface area (Å²) in [6.45, 7) is 12.2. The lowest BCUT2D eigenvalue weighted by Gasteiger charge is -2.30. The minimum Gasteiger partial charge on any atom is -0.491 e. The topological polar surface area (TPSA) is 47.7 Å². The molecule has 21 heavy (non-hydrogen) atoms. The van der Waals surface area contributed by atoms with Gasteiger partial charge in [0, 0.05) is 30.7 Å². The smallest absolute Gasteiger partial charge is 0.123 e. The van der Waals surface area contributed by atoms with Gasteiger partial charge in [0.2, 0.25) is 0 Å². The minimum atomic E-state index is 0.495. The highest BCUT2D eigenvalue weighted by atomic mass is 16.5. The zero-order valence-corrected chi connectivity index (χ0v) is 13.8. The molecule has 0 aliphatic carbocycles. The Balaban J connectivity index is 2.20. The molecule has 0 spiro atoms. The SMILES string of the molecule is CC(C)N(CCOCCOc1ccccc1CN)C(C)C. The normalized spacial score (nSPS) is 11.6. The molecule has 0 bridgehead atoms. The predicted molar refractivity (Wildman–Crippen MR) is 87.6 cm³/mol. The van der Waals surface area contributed by atoms with Gasteiger partial charge in [0.1, 0.15) is 12.4 Å². The van der Waals surface area contributed by atoms with E-state index < -0.39 is 0 Å². The van der Waals surface area contributed by atoms with Crippen molar-refractivity contribution in [1.29, 1.82) is 0 Å². The molecule has 4 nitrogen and oxygen atoms in total. The first kappa shape index (κ1) is 18.0. The van der Waals surface area contributed by atoms with E-state index in [0.29, 0.717) is 31.8 Å². The summed E-state index contributed by atoms with van der Waals surface area (Å²) in [4.78, 5) is 2.42. The maximum Gasteiger partial charge on any atom is 0.123 e. The number of ether oxygens (including phenoxy) is 2. The molecule has 1 aromatic carbocycles. The molecule has 0 fully saturated rings. The summed E-state index contributed by atoms with van der Waals surface area (Å²) in [6.07, 6.45) is 0. The Bertz CT molecular complexity index is 386. The van der Waals surface area contributed by atoms with Crippen LogP contribution in [-0.4, -0.2) is 43.3 Å². The van der Waals surface area contributed by atoms with E-state index in [1.54, 1.807) is 0 Å². The second kappa shape index (κ2) is 9.77. The second-order valence-corrected chi connectivity index (χ2v) is 5.70. The predicted octanol–water partition coefficient (Wildman–Crippen LogP) is 2.66. The molecular formula is C17H30N2O2. The number of nitrogens with zero attached hydrogens (tertiary/aromatic N) is 1. The maximum atomic E-state index is 5.71. The minimum absolute atomic E-state index is 0.495. The molecule has 2 N–H and O–H groups in total. The molecule has 0 aliphatic heterocycles. The first-order valence-electron chi connectivity index (χ1n) is 7.80. The average molecular weight is 294 g/mol. The fraction of sp³-hybridized carbons (Fsp3) is 0.647. The zero-order valence-electron chi connectivity index (χ0n) is 13.8. The summed E-state index contributed by atoms with van der Waals surface area (Å²) in [5.41, 5.74) is 6.71. The van der Waals surface area contributed by atoms with Crippen molar-refractivity contribution < 1.29 is 9.47 Å². The molecular weight excluding hydrogens is 264 g/mol. The van der Waals surface area contributed by atoms with Gasteiger partial charge in [0.15, 0.2) is 0 Å². The Hall–Kier alpha value is -1.10. The van der Waals surface area contributed by atoms with Crippen LogP contribution in [0, 0.1) is 0 Å². The van der Waals surface area contributed by atoms with Crippen LogP contribution >= 0.6 is 0 Å². The monoisotopic (exact) mass is 294 g/mol. The van der Waals surface area contributed by atoms with Crippen molar-refractivity contribution in [2.45, 2.75) is 46.3 Å². The van der Waals surface area contributed by atoms with Crippen LogP contribution < -0.4 is 10.5 Å². The molecule has 0 aromatic heterocycles. The van der Waals surface area contributed by atoms with E-state index in [0.717, 1.165) is 24.5 Å². The van der Waals surface area contributed by atoms with Crippen LogP contribution in [0.5, 0.6) is 5.75 Å². The number of hydrogen-bond acceptors (Lipinski definition) is 4. The van der Waals surface area contributed by atoms with E-state index in [-0.39, 0.29) is 0 Å². The molecule has 120 valence electrons. The highest BCUT2D eigenvalue weighted by molar-refractivity contribution is 5.32. The van der Waals surface area contributed by atoms with E-state index in [1.807, 2.05) is 24.3 Å². The molecule has 0 amide bonds. The molecule has 0 saturated heterocycles. The molecule has 0 radical (unpaired) electrons. The van der Waals surface area contributed by atoms with Crippen LogP contribution in [0.15, 0.2) is 24.3 Å². The van der Waals surface area contributed by atoms with Crippen molar-refractivity contribution >= 4 is 0 Å². The summed E-state index contributed by atoms with van der Waals surface area (Å²) >= 11 is 0. The third-order valence-electron chi connectivity index (χ3n) is 3.50. The van der Waals surface area contributed by atoms with E-state index in [9.17, 15) is 0 Å². The van der Waals surface area contributed by atoms with Crippen molar-refractivity contribution in [3.63, 3.8) is 0 Å². The number of nitrogens with two attached hydrogens (primary N) is 1. The van der Waals surface area contributed by atoms with Crippen LogP contribution in [0.4, 0.5) is 0 Å². The van der Waals surface area contributed by atoms with E-state index in [4.69, 9.17) is 15.2 Å². The summed E-state index contributed by atoms with van der Waals surface area (Å²) in [5, 5.41) is 0. The highest BCUT2D eigenvalue weighted by Crippen LogP contribution is 2.16. The van der Waals surface area contributed by atoms with Gasteiger partial charge in [0.05, 0.1) is 13.2 Å². The Labute approximate surface area is 129 Å². The molecule has 1 aromatic rings. The number of benzene rings is 1. The molecule has 0 aliphatic rings. The molecule has 0 atom stereocenters. The van der Waals surface area contributed by atoms with Gasteiger partial charge in [-0.1, -0.05) is 18.2 Å². The van der Waals surface area contributed by atoms with Gasteiger partial charge < -0.3 is 15.2 Å². The van der Waals surface area contributed by atoms with Gasteiger partial charge in [-0.3, -0.25) is 4.90 Å². The largest absolute Gasteiger partial charge is 0.491 e. The van der Waals surface area contributed by atoms with Crippen molar-refractivity contribution in [2.75, 3.05) is 26.4 Å². The van der Waals surface area contributed by atoms with Crippen LogP contribution in [0.1, 0.15) is 33.3 Å². The summed E-state index contributed by atoms with van der Waals surface area (Å²) in [5.74, 6) is 0.856. The van der Waals surface area contributed by atoms with Gasteiger partial charge in [-0.25, -0.2) is 0 Å². The fourth-order valence-electron chi connectivity index (χ4n) is 2.41. The van der Waals surface area contributed by atoms with Gasteiger partial charge in [-0.2, -0.15) is 0 Å². The quantitative estimate of drug-likeness (QED) is 0.674. The lowest BCUT2D eigenvalue weighted by atomic mass is 10.2. The molecule has 0 saturated carbocycles. The average Bonchev–Trinajstić information content (AvgIpc) is 2.45. The van der Waals surface area contributed by atoms with E-state index >= 15 is 0 Å². The van der Waals surface area contributed by atoms with Crippen LogP contribution in [-0.2, 0) is 11.3 Å². The van der Waals surface area contributed by atoms with Crippen LogP contribution in [0.2, 0.25) is 0 Å². The van der Waals surface area contributed by atoms with Crippen molar-refractivity contribution in [2.24, 2.45) is 5.73 Å². The molecule has 4 heteroatoms. The standard InChI is InChI=1S/C17H30N2O2/c1-14(2)19(15(3)4)9-10-20-11-12-21-17-8-6-5-7-16(17)13-18/h5-8,14-15H,9-13,18H2,1-4H3. The zero-order chi connectivity index (χ0) is 15.7. The fourth-order valence-corrected chi connectivity index (χ4v) is 2.41. The summed E-state index contributed by atoms with van der Waals surface area (Å²) in [6, 6.07) is 8.94. The van der Waals surface area contributed by atoms with Gasteiger partial charge in [-0.15, -0.1) is 0 Å². The van der Waals surface area contributed by atoms with Crippen molar-refractivity contribution in [3.05, 3.63) is 29.8 Å². The molecule has 1 rings (SSSR count). The van der Waals surface area contributed by atoms with Gasteiger partial charge in [-0.05, 0) is 33.8 Å². The van der Waals surface area contributed by atoms with Crippen LogP contribution in [0.3, 0.4) is 0 Å². The molecule has 0 heterocycles. The Morgan fingerprint density at radius 2 is 1.67 bits per heavy atom. The summed E-state index contributed by atoms with van der Waals surface area (Å²) in [7, 11) is 0. The Kier molecular flexibility index (Phi) is 8.35. The van der Waals surface area contributed by atoms with Gasteiger partial charge >= 0.3 is 0 Å². The second-order valence-electron chi connectivity index (χ2n) is 5.70. The third kappa shape index (κ3) is 6.46. The number of hydrogen-bond donors (Lipinski definition) is 1.